The van der Waals surface area contributed by atoms with Gasteiger partial charge in [-0.1, -0.05) is 0 Å². The summed E-state index contributed by atoms with van der Waals surface area (Å²) >= 11 is 0. The van der Waals surface area contributed by atoms with Crippen LogP contribution in [0, 0.1) is 5.41 Å². The first kappa shape index (κ1) is 9.44. The van der Waals surface area contributed by atoms with Gasteiger partial charge in [-0.15, -0.1) is 0 Å². The highest BCUT2D eigenvalue weighted by molar-refractivity contribution is 5.82. The molecule has 70 valence electrons. The second-order valence-corrected chi connectivity index (χ2v) is 3.17. The number of amides is 1. The molecular formula is C7H14N2O3. The molecule has 1 saturated heterocycles. The molecule has 5 nitrogen and oxygen atoms in total. The first-order chi connectivity index (χ1) is 5.61. The van der Waals surface area contributed by atoms with Crippen LogP contribution >= 0.6 is 0 Å². The number of nitrogens with two attached hydrogens (primary N) is 1. The molecule has 0 spiro atoms. The molecule has 0 aromatic rings. The van der Waals surface area contributed by atoms with Crippen molar-refractivity contribution in [3.8, 4) is 0 Å². The summed E-state index contributed by atoms with van der Waals surface area (Å²) < 4.78 is 5.10. The fourth-order valence-electron chi connectivity index (χ4n) is 1.13. The molecule has 0 aliphatic carbocycles. The summed E-state index contributed by atoms with van der Waals surface area (Å²) in [5.74, 6) is -0.227. The zero-order valence-electron chi connectivity index (χ0n) is 7.29. The van der Waals surface area contributed by atoms with Crippen molar-refractivity contribution in [2.75, 3.05) is 20.3 Å². The molecule has 1 fully saturated rings. The summed E-state index contributed by atoms with van der Waals surface area (Å²) in [5.41, 5.74) is 7.31. The van der Waals surface area contributed by atoms with Crippen molar-refractivity contribution >= 4 is 5.91 Å². The third-order valence-corrected chi connectivity index (χ3v) is 2.23. The maximum absolute atomic E-state index is 11.4. The summed E-state index contributed by atoms with van der Waals surface area (Å²) in [6.45, 7) is 2.54. The molecule has 1 amide bonds. The Kier molecular flexibility index (Phi) is 2.66. The molecule has 0 aromatic heterocycles. The Labute approximate surface area is 71.2 Å². The van der Waals surface area contributed by atoms with Crippen molar-refractivity contribution in [2.24, 2.45) is 11.1 Å². The maximum Gasteiger partial charge on any atom is 0.253 e. The van der Waals surface area contributed by atoms with E-state index < -0.39 is 5.41 Å². The Balaban J connectivity index is 2.63. The summed E-state index contributed by atoms with van der Waals surface area (Å²) in [6.07, 6.45) is 0. The zero-order valence-corrected chi connectivity index (χ0v) is 7.29. The second-order valence-electron chi connectivity index (χ2n) is 3.17. The predicted octanol–water partition coefficient (Wildman–Crippen LogP) is -0.972. The predicted molar refractivity (Wildman–Crippen MR) is 42.1 cm³/mol. The number of ether oxygens (including phenoxy) is 1. The van der Waals surface area contributed by atoms with Crippen LogP contribution in [0.2, 0.25) is 0 Å². The zero-order chi connectivity index (χ0) is 9.19. The number of carbonyl (C=O) groups excluding carboxylic acids is 1. The lowest BCUT2D eigenvalue weighted by atomic mass is 9.85. The highest BCUT2D eigenvalue weighted by Crippen LogP contribution is 2.26. The van der Waals surface area contributed by atoms with Gasteiger partial charge in [0.25, 0.3) is 5.91 Å². The van der Waals surface area contributed by atoms with Crippen LogP contribution in [0.1, 0.15) is 6.92 Å². The van der Waals surface area contributed by atoms with E-state index in [0.717, 1.165) is 0 Å². The monoisotopic (exact) mass is 174 g/mol. The quantitative estimate of drug-likeness (QED) is 0.528. The molecule has 0 saturated carbocycles. The Morgan fingerprint density at radius 2 is 2.50 bits per heavy atom. The fourth-order valence-corrected chi connectivity index (χ4v) is 1.13. The maximum atomic E-state index is 11.4. The molecule has 3 N–H and O–H groups in total. The number of hydrogen-bond donors (Lipinski definition) is 2. The SMILES string of the molecule is CONC(=O)C1(C)COCC1N. The van der Waals surface area contributed by atoms with Crippen molar-refractivity contribution < 1.29 is 14.4 Å². The van der Waals surface area contributed by atoms with Gasteiger partial charge < -0.3 is 10.5 Å². The van der Waals surface area contributed by atoms with E-state index in [0.29, 0.717) is 13.2 Å². The van der Waals surface area contributed by atoms with Gasteiger partial charge in [0.2, 0.25) is 0 Å². The Bertz CT molecular complexity index is 185. The van der Waals surface area contributed by atoms with E-state index in [2.05, 4.69) is 10.3 Å². The molecule has 0 aromatic carbocycles. The Morgan fingerprint density at radius 1 is 1.83 bits per heavy atom. The van der Waals surface area contributed by atoms with Crippen LogP contribution in [0.25, 0.3) is 0 Å². The second kappa shape index (κ2) is 3.38. The van der Waals surface area contributed by atoms with Crippen LogP contribution in [0.5, 0.6) is 0 Å². The molecule has 1 aliphatic rings. The van der Waals surface area contributed by atoms with Crippen LogP contribution in [-0.2, 0) is 14.4 Å². The highest BCUT2D eigenvalue weighted by atomic mass is 16.6. The van der Waals surface area contributed by atoms with Gasteiger partial charge in [0.05, 0.1) is 25.7 Å². The Hall–Kier alpha value is -0.650. The topological polar surface area (TPSA) is 73.6 Å². The van der Waals surface area contributed by atoms with Crippen molar-refractivity contribution in [1.29, 1.82) is 0 Å². The van der Waals surface area contributed by atoms with Crippen LogP contribution in [0.3, 0.4) is 0 Å². The molecular weight excluding hydrogens is 160 g/mol. The largest absolute Gasteiger partial charge is 0.379 e. The van der Waals surface area contributed by atoms with E-state index in [4.69, 9.17) is 10.5 Å². The Morgan fingerprint density at radius 3 is 2.92 bits per heavy atom. The lowest BCUT2D eigenvalue weighted by molar-refractivity contribution is -0.141. The lowest BCUT2D eigenvalue weighted by Crippen LogP contribution is -2.49. The molecule has 1 rings (SSSR count). The van der Waals surface area contributed by atoms with Crippen LogP contribution < -0.4 is 11.2 Å². The summed E-state index contributed by atoms with van der Waals surface area (Å²) in [6, 6.07) is -0.257. The van der Waals surface area contributed by atoms with Gasteiger partial charge in [-0.25, -0.2) is 5.48 Å². The molecule has 1 aliphatic heterocycles. The van der Waals surface area contributed by atoms with Gasteiger partial charge in [0.1, 0.15) is 0 Å². The smallest absolute Gasteiger partial charge is 0.253 e. The average Bonchev–Trinajstić information content (AvgIpc) is 2.34. The van der Waals surface area contributed by atoms with Gasteiger partial charge in [-0.2, -0.15) is 0 Å². The van der Waals surface area contributed by atoms with E-state index in [-0.39, 0.29) is 11.9 Å². The first-order valence-electron chi connectivity index (χ1n) is 3.78. The molecule has 2 unspecified atom stereocenters. The van der Waals surface area contributed by atoms with Gasteiger partial charge in [0, 0.05) is 6.04 Å². The van der Waals surface area contributed by atoms with Crippen molar-refractivity contribution in [3.63, 3.8) is 0 Å². The number of rotatable bonds is 2. The summed E-state index contributed by atoms with van der Waals surface area (Å²) in [4.78, 5) is 15.9. The lowest BCUT2D eigenvalue weighted by Gasteiger charge is -2.24. The molecule has 2 atom stereocenters. The van der Waals surface area contributed by atoms with Crippen molar-refractivity contribution in [2.45, 2.75) is 13.0 Å². The molecule has 0 radical (unpaired) electrons. The number of hydroxylamine groups is 1. The van der Waals surface area contributed by atoms with E-state index >= 15 is 0 Å². The number of hydrogen-bond acceptors (Lipinski definition) is 4. The summed E-state index contributed by atoms with van der Waals surface area (Å²) in [7, 11) is 1.39. The number of carbonyl (C=O) groups is 1. The molecule has 5 heteroatoms. The molecule has 1 heterocycles. The van der Waals surface area contributed by atoms with Crippen LogP contribution in [0.4, 0.5) is 0 Å². The average molecular weight is 174 g/mol. The van der Waals surface area contributed by atoms with E-state index in [1.54, 1.807) is 6.92 Å². The molecule has 0 bridgehead atoms. The molecule has 12 heavy (non-hydrogen) atoms. The van der Waals surface area contributed by atoms with Crippen molar-refractivity contribution in [1.82, 2.24) is 5.48 Å². The number of nitrogens with one attached hydrogen (secondary N) is 1. The standard InChI is InChI=1S/C7H14N2O3/c1-7(6(10)9-11-2)4-12-3-5(7)8/h5H,3-4,8H2,1-2H3,(H,9,10). The summed E-state index contributed by atoms with van der Waals surface area (Å²) in [5, 5.41) is 0. The van der Waals surface area contributed by atoms with Gasteiger partial charge in [-0.05, 0) is 6.92 Å². The normalized spacial score (nSPS) is 35.1. The minimum atomic E-state index is -0.657. The van der Waals surface area contributed by atoms with Gasteiger partial charge in [-0.3, -0.25) is 9.63 Å². The minimum absolute atomic E-state index is 0.227. The minimum Gasteiger partial charge on any atom is -0.379 e. The third-order valence-electron chi connectivity index (χ3n) is 2.23. The van der Waals surface area contributed by atoms with Crippen LogP contribution in [-0.4, -0.2) is 32.3 Å². The van der Waals surface area contributed by atoms with Gasteiger partial charge >= 0.3 is 0 Å². The highest BCUT2D eigenvalue weighted by Gasteiger charge is 2.44. The van der Waals surface area contributed by atoms with Crippen molar-refractivity contribution in [3.05, 3.63) is 0 Å². The van der Waals surface area contributed by atoms with E-state index in [1.807, 2.05) is 0 Å². The fraction of sp³-hybridized carbons (Fsp3) is 0.857. The van der Waals surface area contributed by atoms with Crippen LogP contribution in [0.15, 0.2) is 0 Å². The van der Waals surface area contributed by atoms with E-state index in [1.165, 1.54) is 7.11 Å². The third kappa shape index (κ3) is 1.43. The van der Waals surface area contributed by atoms with E-state index in [9.17, 15) is 4.79 Å². The van der Waals surface area contributed by atoms with Gasteiger partial charge in [0.15, 0.2) is 0 Å². The first-order valence-corrected chi connectivity index (χ1v) is 3.78.